The Hall–Kier alpha value is -2.24. The first kappa shape index (κ1) is 29.8. The Morgan fingerprint density at radius 3 is 1.71 bits per heavy atom. The lowest BCUT2D eigenvalue weighted by atomic mass is 10.0. The molecule has 0 heterocycles. The summed E-state index contributed by atoms with van der Waals surface area (Å²) in [4.78, 5) is 12.0. The van der Waals surface area contributed by atoms with Gasteiger partial charge in [-0.2, -0.15) is 5.10 Å². The molecular formula is C28H48N2O4. The van der Waals surface area contributed by atoms with Gasteiger partial charge in [0.05, 0.1) is 27.5 Å². The maximum absolute atomic E-state index is 12.0. The van der Waals surface area contributed by atoms with Gasteiger partial charge in [0.25, 0.3) is 0 Å². The predicted octanol–water partition coefficient (Wildman–Crippen LogP) is 7.42. The minimum Gasteiger partial charge on any atom is -0.493 e. The summed E-state index contributed by atoms with van der Waals surface area (Å²) in [7, 11) is 4.69. The normalized spacial score (nSPS) is 11.1. The van der Waals surface area contributed by atoms with E-state index >= 15 is 0 Å². The zero-order valence-electron chi connectivity index (χ0n) is 22.1. The molecule has 1 amide bonds. The van der Waals surface area contributed by atoms with Crippen molar-refractivity contribution in [1.82, 2.24) is 5.43 Å². The van der Waals surface area contributed by atoms with Crippen LogP contribution >= 0.6 is 0 Å². The van der Waals surface area contributed by atoms with Crippen molar-refractivity contribution in [2.24, 2.45) is 5.10 Å². The molecule has 0 unspecified atom stereocenters. The number of unbranched alkanes of at least 4 members (excludes halogenated alkanes) is 14. The molecule has 6 heteroatoms. The van der Waals surface area contributed by atoms with Crippen LogP contribution in [0.2, 0.25) is 0 Å². The highest BCUT2D eigenvalue weighted by atomic mass is 16.5. The number of hydrazone groups is 1. The van der Waals surface area contributed by atoms with E-state index in [0.29, 0.717) is 29.2 Å². The molecule has 6 nitrogen and oxygen atoms in total. The molecule has 0 aliphatic heterocycles. The number of amides is 1. The molecule has 0 spiro atoms. The summed E-state index contributed by atoms with van der Waals surface area (Å²) in [6, 6.07) is 3.59. The number of benzene rings is 1. The van der Waals surface area contributed by atoms with Crippen LogP contribution in [-0.2, 0) is 4.79 Å². The van der Waals surface area contributed by atoms with Crippen molar-refractivity contribution in [3.63, 3.8) is 0 Å². The molecule has 0 atom stereocenters. The van der Waals surface area contributed by atoms with Crippen LogP contribution in [0.3, 0.4) is 0 Å². The van der Waals surface area contributed by atoms with E-state index in [1.54, 1.807) is 33.6 Å². The number of nitrogens with zero attached hydrogens (tertiary/aromatic N) is 1. The van der Waals surface area contributed by atoms with Crippen LogP contribution in [0.15, 0.2) is 17.2 Å². The van der Waals surface area contributed by atoms with E-state index < -0.39 is 0 Å². The summed E-state index contributed by atoms with van der Waals surface area (Å²) in [6.07, 6.45) is 21.8. The van der Waals surface area contributed by atoms with Gasteiger partial charge in [-0.05, 0) is 18.6 Å². The zero-order valence-corrected chi connectivity index (χ0v) is 22.1. The third kappa shape index (κ3) is 12.9. The molecule has 0 radical (unpaired) electrons. The van der Waals surface area contributed by atoms with Gasteiger partial charge >= 0.3 is 0 Å². The first-order valence-electron chi connectivity index (χ1n) is 13.3. The molecule has 0 aliphatic carbocycles. The van der Waals surface area contributed by atoms with Gasteiger partial charge < -0.3 is 14.2 Å². The molecule has 0 aromatic heterocycles. The average molecular weight is 477 g/mol. The SMILES string of the molecule is CCCCCCCCCCCCCCCCCC(=O)N/N=C/c1ccc(OC)c(OC)c1OC. The second kappa shape index (κ2) is 20.2. The average Bonchev–Trinajstić information content (AvgIpc) is 2.85. The van der Waals surface area contributed by atoms with Crippen molar-refractivity contribution < 1.29 is 19.0 Å². The van der Waals surface area contributed by atoms with E-state index in [0.717, 1.165) is 12.8 Å². The van der Waals surface area contributed by atoms with Crippen LogP contribution in [0, 0.1) is 0 Å². The Bertz CT molecular complexity index is 691. The maximum Gasteiger partial charge on any atom is 0.240 e. The van der Waals surface area contributed by atoms with E-state index in [2.05, 4.69) is 17.5 Å². The molecule has 1 aromatic carbocycles. The lowest BCUT2D eigenvalue weighted by Gasteiger charge is -2.13. The largest absolute Gasteiger partial charge is 0.493 e. The second-order valence-electron chi connectivity index (χ2n) is 8.92. The third-order valence-corrected chi connectivity index (χ3v) is 6.13. The molecule has 34 heavy (non-hydrogen) atoms. The number of hydrogen-bond acceptors (Lipinski definition) is 5. The summed E-state index contributed by atoms with van der Waals surface area (Å²) < 4.78 is 16.1. The minimum absolute atomic E-state index is 0.0645. The summed E-state index contributed by atoms with van der Waals surface area (Å²) in [6.45, 7) is 2.27. The van der Waals surface area contributed by atoms with Gasteiger partial charge in [0.1, 0.15) is 0 Å². The van der Waals surface area contributed by atoms with E-state index in [4.69, 9.17) is 14.2 Å². The van der Waals surface area contributed by atoms with Crippen LogP contribution in [-0.4, -0.2) is 33.5 Å². The number of hydrogen-bond donors (Lipinski definition) is 1. The van der Waals surface area contributed by atoms with Gasteiger partial charge in [-0.1, -0.05) is 96.8 Å². The highest BCUT2D eigenvalue weighted by molar-refractivity contribution is 5.87. The first-order chi connectivity index (χ1) is 16.7. The molecule has 0 bridgehead atoms. The molecule has 1 N–H and O–H groups in total. The maximum atomic E-state index is 12.0. The van der Waals surface area contributed by atoms with Crippen molar-refractivity contribution in [2.75, 3.05) is 21.3 Å². The van der Waals surface area contributed by atoms with Gasteiger partial charge in [0, 0.05) is 12.0 Å². The van der Waals surface area contributed by atoms with Crippen molar-refractivity contribution in [1.29, 1.82) is 0 Å². The Kier molecular flexibility index (Phi) is 17.7. The van der Waals surface area contributed by atoms with Crippen molar-refractivity contribution in [3.05, 3.63) is 17.7 Å². The Morgan fingerprint density at radius 2 is 1.24 bits per heavy atom. The summed E-state index contributed by atoms with van der Waals surface area (Å²) in [5.41, 5.74) is 3.30. The summed E-state index contributed by atoms with van der Waals surface area (Å²) in [5, 5.41) is 4.07. The van der Waals surface area contributed by atoms with E-state index in [1.165, 1.54) is 83.5 Å². The predicted molar refractivity (Wildman–Crippen MR) is 141 cm³/mol. The molecule has 0 fully saturated rings. The highest BCUT2D eigenvalue weighted by Gasteiger charge is 2.14. The van der Waals surface area contributed by atoms with Gasteiger partial charge in [-0.3, -0.25) is 4.79 Å². The van der Waals surface area contributed by atoms with Crippen molar-refractivity contribution in [2.45, 2.75) is 110 Å². The van der Waals surface area contributed by atoms with E-state index in [9.17, 15) is 4.79 Å². The first-order valence-corrected chi connectivity index (χ1v) is 13.3. The smallest absolute Gasteiger partial charge is 0.240 e. The molecule has 194 valence electrons. The zero-order chi connectivity index (χ0) is 24.9. The monoisotopic (exact) mass is 476 g/mol. The number of carbonyl (C=O) groups is 1. The lowest BCUT2D eigenvalue weighted by Crippen LogP contribution is -2.17. The Balaban J connectivity index is 2.07. The van der Waals surface area contributed by atoms with Crippen LogP contribution < -0.4 is 19.6 Å². The van der Waals surface area contributed by atoms with Crippen LogP contribution in [0.25, 0.3) is 0 Å². The number of ether oxygens (including phenoxy) is 3. The topological polar surface area (TPSA) is 69.2 Å². The second-order valence-corrected chi connectivity index (χ2v) is 8.92. The number of rotatable bonds is 21. The number of methoxy groups -OCH3 is 3. The fourth-order valence-corrected chi connectivity index (χ4v) is 4.11. The van der Waals surface area contributed by atoms with E-state index in [1.807, 2.05) is 6.07 Å². The van der Waals surface area contributed by atoms with Gasteiger partial charge in [0.2, 0.25) is 11.7 Å². The quantitative estimate of drug-likeness (QED) is 0.114. The van der Waals surface area contributed by atoms with Crippen LogP contribution in [0.4, 0.5) is 0 Å². The summed E-state index contributed by atoms with van der Waals surface area (Å²) >= 11 is 0. The van der Waals surface area contributed by atoms with Crippen molar-refractivity contribution >= 4 is 12.1 Å². The molecule has 0 saturated heterocycles. The van der Waals surface area contributed by atoms with Gasteiger partial charge in [-0.15, -0.1) is 0 Å². The molecule has 1 rings (SSSR count). The molecule has 0 aliphatic rings. The number of nitrogens with one attached hydrogen (secondary N) is 1. The van der Waals surface area contributed by atoms with Crippen LogP contribution in [0.5, 0.6) is 17.2 Å². The third-order valence-electron chi connectivity index (χ3n) is 6.13. The van der Waals surface area contributed by atoms with Crippen LogP contribution in [0.1, 0.15) is 115 Å². The van der Waals surface area contributed by atoms with E-state index in [-0.39, 0.29) is 5.91 Å². The lowest BCUT2D eigenvalue weighted by molar-refractivity contribution is -0.121. The number of carbonyl (C=O) groups excluding carboxylic acids is 1. The van der Waals surface area contributed by atoms with Gasteiger partial charge in [-0.25, -0.2) is 5.43 Å². The van der Waals surface area contributed by atoms with Crippen molar-refractivity contribution in [3.8, 4) is 17.2 Å². The molecule has 0 saturated carbocycles. The Labute approximate surface area is 207 Å². The fraction of sp³-hybridized carbons (Fsp3) is 0.714. The summed E-state index contributed by atoms with van der Waals surface area (Å²) in [5.74, 6) is 1.53. The highest BCUT2D eigenvalue weighted by Crippen LogP contribution is 2.38. The Morgan fingerprint density at radius 1 is 0.735 bits per heavy atom. The minimum atomic E-state index is -0.0645. The molecule has 1 aromatic rings. The standard InChI is InChI=1S/C28H48N2O4/c1-5-6-7-8-9-10-11-12-13-14-15-16-17-18-19-20-26(31)30-29-23-24-21-22-25(32-2)28(34-4)27(24)33-3/h21-23H,5-20H2,1-4H3,(H,30,31)/b29-23+. The van der Waals surface area contributed by atoms with Gasteiger partial charge in [0.15, 0.2) is 11.5 Å². The fourth-order valence-electron chi connectivity index (χ4n) is 4.11. The molecular weight excluding hydrogens is 428 g/mol.